The second kappa shape index (κ2) is 4.70. The number of nitrogens with one attached hydrogen (secondary N) is 1. The first-order chi connectivity index (χ1) is 8.56. The summed E-state index contributed by atoms with van der Waals surface area (Å²) in [4.78, 5) is 14.8. The van der Waals surface area contributed by atoms with Crippen molar-refractivity contribution in [2.45, 2.75) is 0 Å². The van der Waals surface area contributed by atoms with Crippen LogP contribution in [0.15, 0.2) is 36.5 Å². The molecule has 0 atom stereocenters. The summed E-state index contributed by atoms with van der Waals surface area (Å²) in [5, 5.41) is 11.9. The van der Waals surface area contributed by atoms with Crippen LogP contribution in [0.4, 0.5) is 21.6 Å². The van der Waals surface area contributed by atoms with Gasteiger partial charge in [-0.3, -0.25) is 0 Å². The number of carbonyl (C=O) groups is 1. The lowest BCUT2D eigenvalue weighted by Crippen LogP contribution is -2.05. The topological polar surface area (TPSA) is 88.2 Å². The zero-order valence-corrected chi connectivity index (χ0v) is 9.22. The van der Waals surface area contributed by atoms with Gasteiger partial charge in [-0.25, -0.2) is 14.2 Å². The predicted octanol–water partition coefficient (Wildman–Crippen LogP) is 2.24. The molecular weight excluding hydrogens is 237 g/mol. The SMILES string of the molecule is Nc1cc(C(=O)O)c(Nc2ccc(F)cc2)cn1. The van der Waals surface area contributed by atoms with Crippen LogP contribution in [0.25, 0.3) is 0 Å². The van der Waals surface area contributed by atoms with E-state index in [1.54, 1.807) is 0 Å². The number of carboxylic acid groups (broad SMARTS) is 1. The normalized spacial score (nSPS) is 10.1. The van der Waals surface area contributed by atoms with Crippen LogP contribution in [0.2, 0.25) is 0 Å². The van der Waals surface area contributed by atoms with Gasteiger partial charge in [0.1, 0.15) is 11.6 Å². The second-order valence-corrected chi connectivity index (χ2v) is 3.59. The fourth-order valence-electron chi connectivity index (χ4n) is 1.44. The highest BCUT2D eigenvalue weighted by Crippen LogP contribution is 2.21. The average Bonchev–Trinajstić information content (AvgIpc) is 2.34. The number of hydrogen-bond acceptors (Lipinski definition) is 4. The van der Waals surface area contributed by atoms with Crippen molar-refractivity contribution in [2.75, 3.05) is 11.1 Å². The number of aromatic nitrogens is 1. The summed E-state index contributed by atoms with van der Waals surface area (Å²) in [6.45, 7) is 0. The number of halogens is 1. The van der Waals surface area contributed by atoms with Crippen molar-refractivity contribution in [3.05, 3.63) is 47.9 Å². The van der Waals surface area contributed by atoms with Gasteiger partial charge in [0.25, 0.3) is 0 Å². The Balaban J connectivity index is 2.34. The van der Waals surface area contributed by atoms with E-state index in [9.17, 15) is 9.18 Å². The number of nitrogens with zero attached hydrogens (tertiary/aromatic N) is 1. The van der Waals surface area contributed by atoms with Gasteiger partial charge in [-0.15, -0.1) is 0 Å². The Morgan fingerprint density at radius 1 is 1.33 bits per heavy atom. The van der Waals surface area contributed by atoms with E-state index in [-0.39, 0.29) is 17.2 Å². The van der Waals surface area contributed by atoms with Gasteiger partial charge in [0, 0.05) is 5.69 Å². The number of nitrogen functional groups attached to an aromatic ring is 1. The maximum atomic E-state index is 12.7. The molecule has 0 bridgehead atoms. The van der Waals surface area contributed by atoms with Gasteiger partial charge in [0.2, 0.25) is 0 Å². The fourth-order valence-corrected chi connectivity index (χ4v) is 1.44. The summed E-state index contributed by atoms with van der Waals surface area (Å²) in [7, 11) is 0. The number of benzene rings is 1. The lowest BCUT2D eigenvalue weighted by molar-refractivity contribution is 0.0698. The highest BCUT2D eigenvalue weighted by Gasteiger charge is 2.11. The van der Waals surface area contributed by atoms with E-state index in [2.05, 4.69) is 10.3 Å². The van der Waals surface area contributed by atoms with Gasteiger partial charge < -0.3 is 16.2 Å². The molecule has 0 fully saturated rings. The molecular formula is C12H10FN3O2. The molecule has 0 aliphatic carbocycles. The zero-order chi connectivity index (χ0) is 13.1. The molecule has 5 nitrogen and oxygen atoms in total. The Morgan fingerprint density at radius 2 is 2.00 bits per heavy atom. The van der Waals surface area contributed by atoms with Gasteiger partial charge in [-0.1, -0.05) is 0 Å². The van der Waals surface area contributed by atoms with Crippen molar-refractivity contribution in [2.24, 2.45) is 0 Å². The second-order valence-electron chi connectivity index (χ2n) is 3.59. The average molecular weight is 247 g/mol. The largest absolute Gasteiger partial charge is 0.478 e. The Kier molecular flexibility index (Phi) is 3.09. The predicted molar refractivity (Wildman–Crippen MR) is 65.3 cm³/mol. The van der Waals surface area contributed by atoms with Gasteiger partial charge in [-0.05, 0) is 30.3 Å². The van der Waals surface area contributed by atoms with Crippen LogP contribution in [0.3, 0.4) is 0 Å². The molecule has 0 aliphatic heterocycles. The van der Waals surface area contributed by atoms with E-state index in [4.69, 9.17) is 10.8 Å². The number of aromatic carboxylic acids is 1. The summed E-state index contributed by atoms with van der Waals surface area (Å²) in [5.41, 5.74) is 6.29. The number of nitrogens with two attached hydrogens (primary N) is 1. The molecule has 0 amide bonds. The molecule has 18 heavy (non-hydrogen) atoms. The Hall–Kier alpha value is -2.63. The third-order valence-electron chi connectivity index (χ3n) is 2.28. The Bertz CT molecular complexity index is 584. The minimum atomic E-state index is -1.12. The lowest BCUT2D eigenvalue weighted by Gasteiger charge is -2.09. The van der Waals surface area contributed by atoms with E-state index >= 15 is 0 Å². The van der Waals surface area contributed by atoms with Crippen LogP contribution in [-0.4, -0.2) is 16.1 Å². The van der Waals surface area contributed by atoms with Crippen LogP contribution < -0.4 is 11.1 Å². The lowest BCUT2D eigenvalue weighted by atomic mass is 10.2. The van der Waals surface area contributed by atoms with Gasteiger partial charge >= 0.3 is 5.97 Å². The van der Waals surface area contributed by atoms with Crippen molar-refractivity contribution in [3.63, 3.8) is 0 Å². The van der Waals surface area contributed by atoms with Gasteiger partial charge in [-0.2, -0.15) is 0 Å². The van der Waals surface area contributed by atoms with Crippen LogP contribution in [0.1, 0.15) is 10.4 Å². The van der Waals surface area contributed by atoms with Crippen molar-refractivity contribution >= 4 is 23.2 Å². The molecule has 1 aromatic heterocycles. The quantitative estimate of drug-likeness (QED) is 0.774. The van der Waals surface area contributed by atoms with Gasteiger partial charge in [0.05, 0.1) is 17.4 Å². The first kappa shape index (κ1) is 11.8. The van der Waals surface area contributed by atoms with E-state index in [1.807, 2.05) is 0 Å². The molecule has 1 aromatic carbocycles. The van der Waals surface area contributed by atoms with E-state index < -0.39 is 5.97 Å². The van der Waals surface area contributed by atoms with Crippen molar-refractivity contribution in [1.82, 2.24) is 4.98 Å². The monoisotopic (exact) mass is 247 g/mol. The molecule has 2 aromatic rings. The number of anilines is 3. The summed E-state index contributed by atoms with van der Waals surface area (Å²) in [5.74, 6) is -1.36. The maximum Gasteiger partial charge on any atom is 0.338 e. The van der Waals surface area contributed by atoms with Crippen molar-refractivity contribution in [1.29, 1.82) is 0 Å². The number of pyridine rings is 1. The summed E-state index contributed by atoms with van der Waals surface area (Å²) < 4.78 is 12.7. The Labute approximate surface area is 102 Å². The van der Waals surface area contributed by atoms with E-state index in [0.717, 1.165) is 0 Å². The zero-order valence-electron chi connectivity index (χ0n) is 9.22. The molecule has 0 aliphatic rings. The molecule has 6 heteroatoms. The molecule has 0 saturated carbocycles. The number of carboxylic acids is 1. The van der Waals surface area contributed by atoms with Crippen LogP contribution in [-0.2, 0) is 0 Å². The van der Waals surface area contributed by atoms with Crippen LogP contribution in [0, 0.1) is 5.82 Å². The fraction of sp³-hybridized carbons (Fsp3) is 0. The summed E-state index contributed by atoms with van der Waals surface area (Å²) >= 11 is 0. The highest BCUT2D eigenvalue weighted by molar-refractivity contribution is 5.95. The third kappa shape index (κ3) is 2.54. The van der Waals surface area contributed by atoms with E-state index in [1.165, 1.54) is 36.5 Å². The molecule has 4 N–H and O–H groups in total. The minimum absolute atomic E-state index is 0.00632. The highest BCUT2D eigenvalue weighted by atomic mass is 19.1. The molecule has 0 saturated heterocycles. The first-order valence-electron chi connectivity index (χ1n) is 5.07. The number of rotatable bonds is 3. The molecule has 1 heterocycles. The molecule has 0 unspecified atom stereocenters. The molecule has 0 radical (unpaired) electrons. The summed E-state index contributed by atoms with van der Waals surface area (Å²) in [6.07, 6.45) is 1.32. The van der Waals surface area contributed by atoms with Crippen LogP contribution >= 0.6 is 0 Å². The van der Waals surface area contributed by atoms with E-state index in [0.29, 0.717) is 11.4 Å². The maximum absolute atomic E-state index is 12.7. The van der Waals surface area contributed by atoms with Crippen molar-refractivity contribution in [3.8, 4) is 0 Å². The van der Waals surface area contributed by atoms with Crippen LogP contribution in [0.5, 0.6) is 0 Å². The van der Waals surface area contributed by atoms with Crippen molar-refractivity contribution < 1.29 is 14.3 Å². The summed E-state index contributed by atoms with van der Waals surface area (Å²) in [6, 6.07) is 6.80. The number of hydrogen-bond donors (Lipinski definition) is 3. The molecule has 0 spiro atoms. The molecule has 92 valence electrons. The third-order valence-corrected chi connectivity index (χ3v) is 2.28. The van der Waals surface area contributed by atoms with Gasteiger partial charge in [0.15, 0.2) is 0 Å². The standard InChI is InChI=1S/C12H10FN3O2/c13-7-1-3-8(4-2-7)16-10-6-15-11(14)5-9(10)12(17)18/h1-6,16H,(H2,14,15)(H,17,18). The first-order valence-corrected chi connectivity index (χ1v) is 5.07. The smallest absolute Gasteiger partial charge is 0.338 e. The Morgan fingerprint density at radius 3 is 2.61 bits per heavy atom. The molecule has 2 rings (SSSR count). The minimum Gasteiger partial charge on any atom is -0.478 e.